The molecule has 1 aromatic rings. The summed E-state index contributed by atoms with van der Waals surface area (Å²) >= 11 is 0. The first kappa shape index (κ1) is 24.2. The minimum atomic E-state index is -4.92. The van der Waals surface area contributed by atoms with E-state index in [9.17, 15) is 22.8 Å². The maximum Gasteiger partial charge on any atom is 0.471 e. The molecule has 6 nitrogen and oxygen atoms in total. The first-order valence-electron chi connectivity index (χ1n) is 8.76. The van der Waals surface area contributed by atoms with E-state index >= 15 is 0 Å². The second-order valence-corrected chi connectivity index (χ2v) is 6.57. The van der Waals surface area contributed by atoms with E-state index in [-0.39, 0.29) is 37.9 Å². The van der Waals surface area contributed by atoms with Crippen LogP contribution in [0.4, 0.5) is 18.9 Å². The number of ether oxygens (including phenoxy) is 1. The Bertz CT molecular complexity index is 680. The van der Waals surface area contributed by atoms with Gasteiger partial charge < -0.3 is 20.7 Å². The molecule has 28 heavy (non-hydrogen) atoms. The molecule has 0 saturated carbocycles. The van der Waals surface area contributed by atoms with E-state index in [0.717, 1.165) is 0 Å². The molecule has 0 unspecified atom stereocenters. The number of benzene rings is 1. The summed E-state index contributed by atoms with van der Waals surface area (Å²) < 4.78 is 43.3. The average Bonchev–Trinajstić information content (AvgIpc) is 2.65. The van der Waals surface area contributed by atoms with E-state index in [1.165, 1.54) is 6.92 Å². The van der Waals surface area contributed by atoms with Crippen molar-refractivity contribution in [3.8, 4) is 0 Å². The van der Waals surface area contributed by atoms with Crippen molar-refractivity contribution in [1.82, 2.24) is 4.90 Å². The zero-order valence-electron chi connectivity index (χ0n) is 15.6. The molecule has 10 heteroatoms. The quantitative estimate of drug-likeness (QED) is 0.736. The highest BCUT2D eigenvalue weighted by Crippen LogP contribution is 2.31. The van der Waals surface area contributed by atoms with Crippen LogP contribution >= 0.6 is 12.4 Å². The van der Waals surface area contributed by atoms with Gasteiger partial charge in [-0.3, -0.25) is 9.59 Å². The molecule has 1 fully saturated rings. The summed E-state index contributed by atoms with van der Waals surface area (Å²) in [7, 11) is 0. The van der Waals surface area contributed by atoms with Gasteiger partial charge in [0.15, 0.2) is 0 Å². The van der Waals surface area contributed by atoms with Crippen molar-refractivity contribution in [3.05, 3.63) is 29.8 Å². The van der Waals surface area contributed by atoms with Crippen LogP contribution in [0.2, 0.25) is 0 Å². The highest BCUT2D eigenvalue weighted by molar-refractivity contribution is 5.95. The third-order valence-electron chi connectivity index (χ3n) is 4.79. The lowest BCUT2D eigenvalue weighted by Crippen LogP contribution is -2.46. The van der Waals surface area contributed by atoms with Gasteiger partial charge in [0.25, 0.3) is 0 Å². The van der Waals surface area contributed by atoms with E-state index in [0.29, 0.717) is 42.2 Å². The Morgan fingerprint density at radius 1 is 1.29 bits per heavy atom. The van der Waals surface area contributed by atoms with Gasteiger partial charge in [0.05, 0.1) is 5.41 Å². The number of rotatable bonds is 6. The van der Waals surface area contributed by atoms with E-state index in [2.05, 4.69) is 5.32 Å². The van der Waals surface area contributed by atoms with Crippen molar-refractivity contribution in [2.24, 2.45) is 11.1 Å². The summed E-state index contributed by atoms with van der Waals surface area (Å²) in [6.07, 6.45) is -3.89. The second-order valence-electron chi connectivity index (χ2n) is 6.57. The van der Waals surface area contributed by atoms with E-state index in [4.69, 9.17) is 10.5 Å². The zero-order chi connectivity index (χ0) is 20.1. The van der Waals surface area contributed by atoms with Crippen molar-refractivity contribution >= 4 is 29.9 Å². The summed E-state index contributed by atoms with van der Waals surface area (Å²) in [5.74, 6) is -2.12. The number of nitrogens with one attached hydrogen (secondary N) is 1. The molecule has 0 aromatic heterocycles. The Morgan fingerprint density at radius 2 is 1.93 bits per heavy atom. The number of anilines is 1. The number of halogens is 4. The normalized spacial score (nSPS) is 16.0. The molecule has 1 aliphatic heterocycles. The van der Waals surface area contributed by atoms with E-state index in [1.54, 1.807) is 24.3 Å². The lowest BCUT2D eigenvalue weighted by Gasteiger charge is -2.34. The lowest BCUT2D eigenvalue weighted by molar-refractivity contribution is -0.185. The van der Waals surface area contributed by atoms with Crippen LogP contribution < -0.4 is 11.1 Å². The molecule has 1 aromatic carbocycles. The molecule has 0 spiro atoms. The summed E-state index contributed by atoms with van der Waals surface area (Å²) in [6.45, 7) is 2.29. The third kappa shape index (κ3) is 5.83. The molecular weight excluding hydrogens is 399 g/mol. The second kappa shape index (κ2) is 10.1. The first-order valence-corrected chi connectivity index (χ1v) is 8.76. The molecule has 0 atom stereocenters. The fraction of sp³-hybridized carbons (Fsp3) is 0.556. The van der Waals surface area contributed by atoms with Gasteiger partial charge in [0, 0.05) is 38.5 Å². The summed E-state index contributed by atoms with van der Waals surface area (Å²) in [4.78, 5) is 24.9. The van der Waals surface area contributed by atoms with Gasteiger partial charge in [-0.05, 0) is 37.5 Å². The molecule has 1 heterocycles. The van der Waals surface area contributed by atoms with Gasteiger partial charge in [-0.1, -0.05) is 12.1 Å². The number of hydrogen-bond acceptors (Lipinski definition) is 4. The Kier molecular flexibility index (Phi) is 8.72. The highest BCUT2D eigenvalue weighted by atomic mass is 35.5. The van der Waals surface area contributed by atoms with Crippen molar-refractivity contribution in [2.45, 2.75) is 32.5 Å². The van der Waals surface area contributed by atoms with Crippen LogP contribution in [0.25, 0.3) is 0 Å². The van der Waals surface area contributed by atoms with Crippen LogP contribution in [0.3, 0.4) is 0 Å². The maximum absolute atomic E-state index is 12.7. The van der Waals surface area contributed by atoms with Gasteiger partial charge in [-0.25, -0.2) is 0 Å². The Labute approximate surface area is 168 Å². The third-order valence-corrected chi connectivity index (χ3v) is 4.79. The largest absolute Gasteiger partial charge is 0.471 e. The molecule has 2 rings (SSSR count). The van der Waals surface area contributed by atoms with E-state index < -0.39 is 17.5 Å². The molecule has 1 aliphatic rings. The number of carbonyl (C=O) groups excluding carboxylic acids is 2. The van der Waals surface area contributed by atoms with Gasteiger partial charge in [0.2, 0.25) is 5.91 Å². The first-order chi connectivity index (χ1) is 12.7. The van der Waals surface area contributed by atoms with Crippen molar-refractivity contribution in [3.63, 3.8) is 0 Å². The maximum atomic E-state index is 12.7. The number of amides is 2. The smallest absolute Gasteiger partial charge is 0.381 e. The van der Waals surface area contributed by atoms with Gasteiger partial charge >= 0.3 is 12.1 Å². The molecule has 0 aliphatic carbocycles. The minimum absolute atomic E-state index is 0. The molecular formula is C18H25ClF3N3O3. The summed E-state index contributed by atoms with van der Waals surface area (Å²) in [5.41, 5.74) is 6.04. The fourth-order valence-corrected chi connectivity index (χ4v) is 3.02. The van der Waals surface area contributed by atoms with E-state index in [1.807, 2.05) is 0 Å². The van der Waals surface area contributed by atoms with Crippen LogP contribution in [0.5, 0.6) is 0 Å². The van der Waals surface area contributed by atoms with Crippen LogP contribution in [0, 0.1) is 5.41 Å². The molecule has 0 radical (unpaired) electrons. The predicted molar refractivity (Wildman–Crippen MR) is 101 cm³/mol. The summed E-state index contributed by atoms with van der Waals surface area (Å²) in [5, 5.41) is 2.79. The number of alkyl halides is 3. The predicted octanol–water partition coefficient (Wildman–Crippen LogP) is 2.71. The number of carbonyl (C=O) groups is 2. The Morgan fingerprint density at radius 3 is 2.46 bits per heavy atom. The minimum Gasteiger partial charge on any atom is -0.381 e. The zero-order valence-corrected chi connectivity index (χ0v) is 16.4. The van der Waals surface area contributed by atoms with Crippen LogP contribution in [-0.4, -0.2) is 49.2 Å². The number of hydrogen-bond donors (Lipinski definition) is 2. The molecule has 2 amide bonds. The highest BCUT2D eigenvalue weighted by Gasteiger charge is 2.42. The summed E-state index contributed by atoms with van der Waals surface area (Å²) in [6, 6.07) is 6.44. The van der Waals surface area contributed by atoms with Crippen molar-refractivity contribution in [1.29, 1.82) is 0 Å². The standard InChI is InChI=1S/C18H24F3N3O3.ClH/c1-2-24(16(26)18(19,20)21)11-13-4-3-5-14(10-13)23-15(25)17(12-22)6-8-27-9-7-17;/h3-5,10H,2,6-9,11-12,22H2,1H3,(H,23,25);1H. The Balaban J connectivity index is 0.00000392. The van der Waals surface area contributed by atoms with Gasteiger partial charge in [-0.2, -0.15) is 13.2 Å². The van der Waals surface area contributed by atoms with Crippen molar-refractivity contribution < 1.29 is 27.5 Å². The monoisotopic (exact) mass is 423 g/mol. The molecule has 0 bridgehead atoms. The number of nitrogens with zero attached hydrogens (tertiary/aromatic N) is 1. The van der Waals surface area contributed by atoms with Gasteiger partial charge in [0.1, 0.15) is 0 Å². The Hall–Kier alpha value is -1.84. The molecule has 1 saturated heterocycles. The lowest BCUT2D eigenvalue weighted by atomic mass is 9.79. The average molecular weight is 424 g/mol. The van der Waals surface area contributed by atoms with Crippen molar-refractivity contribution in [2.75, 3.05) is 31.6 Å². The topological polar surface area (TPSA) is 84.7 Å². The SMILES string of the molecule is CCN(Cc1cccc(NC(=O)C2(CN)CCOCC2)c1)C(=O)C(F)(F)F.Cl. The van der Waals surface area contributed by atoms with Crippen LogP contribution in [0.1, 0.15) is 25.3 Å². The van der Waals surface area contributed by atoms with Gasteiger partial charge in [-0.15, -0.1) is 12.4 Å². The molecule has 158 valence electrons. The number of nitrogens with two attached hydrogens (primary N) is 1. The van der Waals surface area contributed by atoms with Crippen LogP contribution in [0.15, 0.2) is 24.3 Å². The van der Waals surface area contributed by atoms with Crippen LogP contribution in [-0.2, 0) is 20.9 Å². The fourth-order valence-electron chi connectivity index (χ4n) is 3.02. The molecule has 3 N–H and O–H groups in total.